The minimum atomic E-state index is -5.20. The summed E-state index contributed by atoms with van der Waals surface area (Å²) in [6, 6.07) is 8.72. The molecule has 12 heteroatoms. The number of nitrogens with zero attached hydrogens (tertiary/aromatic N) is 3. The van der Waals surface area contributed by atoms with Gasteiger partial charge in [-0.15, -0.1) is 0 Å². The summed E-state index contributed by atoms with van der Waals surface area (Å²) in [5.41, 5.74) is -1.91. The van der Waals surface area contributed by atoms with Crippen LogP contribution in [0.1, 0.15) is 34.3 Å². The molecule has 0 aromatic heterocycles. The van der Waals surface area contributed by atoms with Crippen LogP contribution in [0.5, 0.6) is 0 Å². The summed E-state index contributed by atoms with van der Waals surface area (Å²) in [4.78, 5) is 30.4. The number of carbonyl (C=O) groups is 2. The Kier molecular flexibility index (Phi) is 7.52. The number of nitrogens with one attached hydrogen (secondary N) is 1. The monoisotopic (exact) mass is 584 g/mol. The van der Waals surface area contributed by atoms with E-state index < -0.39 is 23.2 Å². The minimum Gasteiger partial charge on any atom is -0.380 e. The predicted molar refractivity (Wildman–Crippen MR) is 142 cm³/mol. The second kappa shape index (κ2) is 10.5. The Morgan fingerprint density at radius 3 is 2.41 bits per heavy atom. The molecule has 3 heterocycles. The zero-order valence-corrected chi connectivity index (χ0v) is 22.8. The van der Waals surface area contributed by atoms with Crippen LogP contribution in [0.25, 0.3) is 0 Å². The van der Waals surface area contributed by atoms with Crippen molar-refractivity contribution in [3.05, 3.63) is 63.1 Å². The molecular formula is C27H29Cl2F3N4O3. The van der Waals surface area contributed by atoms with E-state index in [4.69, 9.17) is 23.2 Å². The number of aliphatic hydroxyl groups is 1. The van der Waals surface area contributed by atoms with Crippen LogP contribution in [-0.2, 0) is 16.8 Å². The van der Waals surface area contributed by atoms with Crippen molar-refractivity contribution < 1.29 is 27.9 Å². The molecule has 2 aromatic carbocycles. The third kappa shape index (κ3) is 5.19. The molecule has 0 saturated carbocycles. The number of hydrogen-bond acceptors (Lipinski definition) is 5. The summed E-state index contributed by atoms with van der Waals surface area (Å²) in [7, 11) is 1.76. The van der Waals surface area contributed by atoms with E-state index in [9.17, 15) is 27.9 Å². The van der Waals surface area contributed by atoms with E-state index in [0.717, 1.165) is 47.8 Å². The van der Waals surface area contributed by atoms with Crippen molar-refractivity contribution in [3.8, 4) is 0 Å². The molecule has 0 unspecified atom stereocenters. The zero-order chi connectivity index (χ0) is 28.1. The van der Waals surface area contributed by atoms with Crippen LogP contribution in [0.2, 0.25) is 10.0 Å². The largest absolute Gasteiger partial charge is 0.430 e. The van der Waals surface area contributed by atoms with Crippen molar-refractivity contribution in [2.75, 3.05) is 45.1 Å². The van der Waals surface area contributed by atoms with Gasteiger partial charge in [-0.3, -0.25) is 14.5 Å². The van der Waals surface area contributed by atoms with Crippen molar-refractivity contribution >= 4 is 40.7 Å². The molecule has 2 N–H and O–H groups in total. The van der Waals surface area contributed by atoms with Crippen LogP contribution in [0.3, 0.4) is 0 Å². The molecule has 0 radical (unpaired) electrons. The number of rotatable bonds is 5. The van der Waals surface area contributed by atoms with Crippen molar-refractivity contribution in [3.63, 3.8) is 0 Å². The van der Waals surface area contributed by atoms with Crippen LogP contribution in [0, 0.1) is 0 Å². The second-order valence-corrected chi connectivity index (χ2v) is 11.3. The third-order valence-electron chi connectivity index (χ3n) is 7.96. The molecular weight excluding hydrogens is 556 g/mol. The Hall–Kier alpha value is -2.53. The number of hydrogen-bond donors (Lipinski definition) is 2. The molecule has 39 heavy (non-hydrogen) atoms. The summed E-state index contributed by atoms with van der Waals surface area (Å²) in [6.07, 6.45) is -3.46. The molecule has 2 aromatic rings. The summed E-state index contributed by atoms with van der Waals surface area (Å²) < 4.78 is 42.0. The lowest BCUT2D eigenvalue weighted by Gasteiger charge is -2.48. The minimum absolute atomic E-state index is 0.00128. The summed E-state index contributed by atoms with van der Waals surface area (Å²) in [6.45, 7) is 2.34. The van der Waals surface area contributed by atoms with Crippen molar-refractivity contribution in [1.29, 1.82) is 0 Å². The van der Waals surface area contributed by atoms with E-state index in [1.165, 1.54) is 12.1 Å². The first-order chi connectivity index (χ1) is 18.4. The first kappa shape index (κ1) is 28.0. The van der Waals surface area contributed by atoms with Gasteiger partial charge in [0.15, 0.2) is 0 Å². The highest BCUT2D eigenvalue weighted by molar-refractivity contribution is 6.34. The highest BCUT2D eigenvalue weighted by Crippen LogP contribution is 2.42. The molecule has 3 aliphatic heterocycles. The van der Waals surface area contributed by atoms with E-state index in [1.807, 2.05) is 6.07 Å². The van der Waals surface area contributed by atoms with E-state index in [2.05, 4.69) is 10.2 Å². The van der Waals surface area contributed by atoms with Gasteiger partial charge < -0.3 is 20.2 Å². The average molecular weight is 585 g/mol. The molecule has 2 amide bonds. The number of halogens is 5. The van der Waals surface area contributed by atoms with Crippen LogP contribution >= 0.6 is 23.2 Å². The maximum Gasteiger partial charge on any atom is 0.430 e. The number of fused-ring (bicyclic) bond motifs is 1. The highest BCUT2D eigenvalue weighted by atomic mass is 35.5. The third-order valence-corrected chi connectivity index (χ3v) is 8.49. The van der Waals surface area contributed by atoms with Gasteiger partial charge in [-0.2, -0.15) is 13.2 Å². The Labute approximate surface area is 234 Å². The molecule has 2 fully saturated rings. The number of piperidine rings is 1. The Bertz CT molecular complexity index is 1280. The van der Waals surface area contributed by atoms with Crippen molar-refractivity contribution in [2.24, 2.45) is 0 Å². The van der Waals surface area contributed by atoms with Gasteiger partial charge in [-0.25, -0.2) is 0 Å². The number of benzene rings is 2. The van der Waals surface area contributed by atoms with Gasteiger partial charge in [0.25, 0.3) is 17.4 Å². The molecule has 0 aliphatic carbocycles. The van der Waals surface area contributed by atoms with Crippen molar-refractivity contribution in [2.45, 2.75) is 43.1 Å². The number of carbonyl (C=O) groups excluding carboxylic acids is 2. The standard InChI is InChI=1S/C27H29Cl2F3N4O3/c1-34-8-5-16-11-19(13-22(29)23(16)24(34)37)33-20-14-36(15-20)21-6-9-35(10-7-21)25(38)26(39,27(30,31)32)17-3-2-4-18(28)12-17/h2-4,11-13,20-21,33,39H,5-10,14-15H2,1H3/t26-/m1/s1. The van der Waals surface area contributed by atoms with Gasteiger partial charge in [-0.05, 0) is 49.1 Å². The van der Waals surface area contributed by atoms with Crippen LogP contribution < -0.4 is 5.32 Å². The second-order valence-electron chi connectivity index (χ2n) is 10.5. The lowest BCUT2D eigenvalue weighted by Crippen LogP contribution is -2.62. The molecule has 0 spiro atoms. The Balaban J connectivity index is 1.17. The fourth-order valence-electron chi connectivity index (χ4n) is 5.69. The number of likely N-dealkylation sites (N-methyl/N-ethyl adjacent to an activating group) is 1. The smallest absolute Gasteiger partial charge is 0.380 e. The maximum atomic E-state index is 14.0. The van der Waals surface area contributed by atoms with Crippen LogP contribution in [0.15, 0.2) is 36.4 Å². The quantitative estimate of drug-likeness (QED) is 0.552. The molecule has 1 atom stereocenters. The molecule has 2 saturated heterocycles. The SMILES string of the molecule is CN1CCc2cc(NC3CN(C4CCN(C(=O)[C@](O)(c5cccc(Cl)c5)C(F)(F)F)CC4)C3)cc(Cl)c2C1=O. The Morgan fingerprint density at radius 2 is 1.77 bits per heavy atom. The van der Waals surface area contributed by atoms with Gasteiger partial charge in [0, 0.05) is 62.1 Å². The number of anilines is 1. The Morgan fingerprint density at radius 1 is 1.08 bits per heavy atom. The maximum absolute atomic E-state index is 14.0. The molecule has 210 valence electrons. The van der Waals surface area contributed by atoms with Crippen LogP contribution in [0.4, 0.5) is 18.9 Å². The first-order valence-electron chi connectivity index (χ1n) is 12.8. The highest BCUT2D eigenvalue weighted by Gasteiger charge is 2.62. The lowest BCUT2D eigenvalue weighted by molar-refractivity contribution is -0.262. The molecule has 7 nitrogen and oxygen atoms in total. The molecule has 0 bridgehead atoms. The number of alkyl halides is 3. The topological polar surface area (TPSA) is 76.1 Å². The summed E-state index contributed by atoms with van der Waals surface area (Å²) in [5.74, 6) is -1.46. The van der Waals surface area contributed by atoms with Crippen LogP contribution in [-0.4, -0.2) is 89.7 Å². The van der Waals surface area contributed by atoms with E-state index in [0.29, 0.717) is 30.0 Å². The van der Waals surface area contributed by atoms with Gasteiger partial charge in [0.1, 0.15) is 0 Å². The fourth-order valence-corrected chi connectivity index (χ4v) is 6.20. The van der Waals surface area contributed by atoms with Gasteiger partial charge in [0.05, 0.1) is 16.6 Å². The normalized spacial score (nSPS) is 20.8. The fraction of sp³-hybridized carbons (Fsp3) is 0.481. The summed E-state index contributed by atoms with van der Waals surface area (Å²) in [5, 5.41) is 14.6. The summed E-state index contributed by atoms with van der Waals surface area (Å²) >= 11 is 12.3. The average Bonchev–Trinajstić information content (AvgIpc) is 2.86. The first-order valence-corrected chi connectivity index (χ1v) is 13.6. The lowest BCUT2D eigenvalue weighted by atomic mass is 9.89. The van der Waals surface area contributed by atoms with Gasteiger partial charge in [-0.1, -0.05) is 35.3 Å². The van der Waals surface area contributed by atoms with E-state index in [-0.39, 0.29) is 36.1 Å². The molecule has 3 aliphatic rings. The number of likely N-dealkylation sites (tertiary alicyclic amines) is 2. The number of amides is 2. The van der Waals surface area contributed by atoms with Gasteiger partial charge in [0.2, 0.25) is 0 Å². The zero-order valence-electron chi connectivity index (χ0n) is 21.3. The predicted octanol–water partition coefficient (Wildman–Crippen LogP) is 4.16. The van der Waals surface area contributed by atoms with Crippen molar-refractivity contribution in [1.82, 2.24) is 14.7 Å². The van der Waals surface area contributed by atoms with E-state index >= 15 is 0 Å². The van der Waals surface area contributed by atoms with E-state index in [1.54, 1.807) is 18.0 Å². The molecule has 5 rings (SSSR count). The van der Waals surface area contributed by atoms with Gasteiger partial charge >= 0.3 is 6.18 Å².